The number of hydrogen-bond donors (Lipinski definition) is 0. The monoisotopic (exact) mass is 211 g/mol. The minimum Gasteiger partial charge on any atom is -0.433 e. The van der Waals surface area contributed by atoms with Crippen LogP contribution in [0.1, 0.15) is 32.1 Å². The van der Waals surface area contributed by atoms with Crippen LogP contribution >= 0.6 is 0 Å². The summed E-state index contributed by atoms with van der Waals surface area (Å²) in [5.74, 6) is -0.0857. The van der Waals surface area contributed by atoms with Gasteiger partial charge in [-0.3, -0.25) is 9.69 Å². The SMILES string of the molecule is CO[C@@H]1OC(=O)[C@@H]2[C@H]1N2C1CCCCC1. The molecule has 0 aromatic heterocycles. The maximum atomic E-state index is 11.5. The molecule has 4 nitrogen and oxygen atoms in total. The topological polar surface area (TPSA) is 38.5 Å². The minimum absolute atomic E-state index is 0.0121. The summed E-state index contributed by atoms with van der Waals surface area (Å²) in [4.78, 5) is 13.8. The van der Waals surface area contributed by atoms with Crippen molar-refractivity contribution in [2.45, 2.75) is 56.5 Å². The average molecular weight is 211 g/mol. The van der Waals surface area contributed by atoms with Gasteiger partial charge in [0.05, 0.1) is 0 Å². The molecule has 3 aliphatic rings. The molecule has 15 heavy (non-hydrogen) atoms. The third-order valence-electron chi connectivity index (χ3n) is 3.88. The standard InChI is InChI=1S/C11H17NO3/c1-14-11-9-8(10(13)15-11)12(9)7-5-3-2-4-6-7/h7-9,11H,2-6H2,1H3/t8-,9+,11+,12?/m0/s1. The number of carbonyl (C=O) groups is 1. The summed E-state index contributed by atoms with van der Waals surface area (Å²) in [6.45, 7) is 0. The molecule has 0 N–H and O–H groups in total. The molecular formula is C11H17NO3. The van der Waals surface area contributed by atoms with E-state index in [-0.39, 0.29) is 24.3 Å². The summed E-state index contributed by atoms with van der Waals surface area (Å²) in [7, 11) is 1.61. The Labute approximate surface area is 89.5 Å². The second kappa shape index (κ2) is 3.46. The van der Waals surface area contributed by atoms with E-state index in [0.29, 0.717) is 6.04 Å². The van der Waals surface area contributed by atoms with E-state index in [2.05, 4.69) is 4.90 Å². The lowest BCUT2D eigenvalue weighted by Crippen LogP contribution is -2.33. The summed E-state index contributed by atoms with van der Waals surface area (Å²) in [5.41, 5.74) is 0. The number of esters is 1. The molecule has 1 unspecified atom stereocenters. The van der Waals surface area contributed by atoms with Gasteiger partial charge in [0.15, 0.2) is 0 Å². The van der Waals surface area contributed by atoms with Gasteiger partial charge in [-0.05, 0) is 12.8 Å². The lowest BCUT2D eigenvalue weighted by molar-refractivity contribution is -0.168. The van der Waals surface area contributed by atoms with Crippen LogP contribution in [0.25, 0.3) is 0 Å². The first-order valence-electron chi connectivity index (χ1n) is 5.83. The number of cyclic esters (lactones) is 1. The van der Waals surface area contributed by atoms with E-state index in [1.807, 2.05) is 0 Å². The Balaban J connectivity index is 1.68. The first-order chi connectivity index (χ1) is 7.33. The molecule has 0 aromatic carbocycles. The van der Waals surface area contributed by atoms with Gasteiger partial charge in [-0.25, -0.2) is 0 Å². The molecule has 84 valence electrons. The second-order valence-electron chi connectivity index (χ2n) is 4.72. The van der Waals surface area contributed by atoms with Gasteiger partial charge in [-0.1, -0.05) is 19.3 Å². The number of fused-ring (bicyclic) bond motifs is 1. The number of methoxy groups -OCH3 is 1. The van der Waals surface area contributed by atoms with E-state index in [1.54, 1.807) is 7.11 Å². The Kier molecular flexibility index (Phi) is 2.21. The average Bonchev–Trinajstić information content (AvgIpc) is 2.94. The van der Waals surface area contributed by atoms with E-state index < -0.39 is 0 Å². The molecule has 0 radical (unpaired) electrons. The predicted octanol–water partition coefficient (Wildman–Crippen LogP) is 0.901. The molecule has 3 rings (SSSR count). The van der Waals surface area contributed by atoms with Crippen LogP contribution < -0.4 is 0 Å². The maximum Gasteiger partial charge on any atom is 0.327 e. The summed E-state index contributed by atoms with van der Waals surface area (Å²) in [6, 6.07) is 0.822. The largest absolute Gasteiger partial charge is 0.433 e. The van der Waals surface area contributed by atoms with Gasteiger partial charge in [0.1, 0.15) is 12.1 Å². The Hall–Kier alpha value is -0.610. The van der Waals surface area contributed by atoms with Crippen molar-refractivity contribution in [2.24, 2.45) is 0 Å². The number of morpholine rings is 1. The van der Waals surface area contributed by atoms with E-state index >= 15 is 0 Å². The summed E-state index contributed by atoms with van der Waals surface area (Å²) in [5, 5.41) is 0. The number of carbonyl (C=O) groups excluding carboxylic acids is 1. The van der Waals surface area contributed by atoms with E-state index in [9.17, 15) is 4.79 Å². The Morgan fingerprint density at radius 1 is 1.33 bits per heavy atom. The lowest BCUT2D eigenvalue weighted by atomic mass is 9.95. The minimum atomic E-state index is -0.315. The molecule has 4 atom stereocenters. The number of rotatable bonds is 2. The zero-order valence-electron chi connectivity index (χ0n) is 9.02. The summed E-state index contributed by atoms with van der Waals surface area (Å²) < 4.78 is 10.3. The normalized spacial score (nSPS) is 45.0. The van der Waals surface area contributed by atoms with Crippen molar-refractivity contribution in [2.75, 3.05) is 7.11 Å². The number of hydrogen-bond acceptors (Lipinski definition) is 4. The van der Waals surface area contributed by atoms with Crippen molar-refractivity contribution < 1.29 is 14.3 Å². The van der Waals surface area contributed by atoms with Crippen LogP contribution in [0.3, 0.4) is 0 Å². The molecule has 1 saturated carbocycles. The molecule has 2 aliphatic heterocycles. The third-order valence-corrected chi connectivity index (χ3v) is 3.88. The van der Waals surface area contributed by atoms with Crippen molar-refractivity contribution >= 4 is 5.97 Å². The van der Waals surface area contributed by atoms with Crippen LogP contribution in [-0.2, 0) is 14.3 Å². The van der Waals surface area contributed by atoms with Crippen molar-refractivity contribution in [3.8, 4) is 0 Å². The van der Waals surface area contributed by atoms with Crippen molar-refractivity contribution in [3.63, 3.8) is 0 Å². The van der Waals surface area contributed by atoms with E-state index in [1.165, 1.54) is 32.1 Å². The molecule has 0 bridgehead atoms. The molecular weight excluding hydrogens is 194 g/mol. The van der Waals surface area contributed by atoms with Gasteiger partial charge in [-0.2, -0.15) is 0 Å². The molecule has 0 aromatic rings. The smallest absolute Gasteiger partial charge is 0.327 e. The fourth-order valence-corrected chi connectivity index (χ4v) is 3.11. The van der Waals surface area contributed by atoms with Crippen molar-refractivity contribution in [1.29, 1.82) is 0 Å². The molecule has 2 heterocycles. The predicted molar refractivity (Wildman–Crippen MR) is 53.2 cm³/mol. The molecule has 2 saturated heterocycles. The fraction of sp³-hybridized carbons (Fsp3) is 0.909. The van der Waals surface area contributed by atoms with Crippen molar-refractivity contribution in [1.82, 2.24) is 4.90 Å². The quantitative estimate of drug-likeness (QED) is 0.502. The number of nitrogens with zero attached hydrogens (tertiary/aromatic N) is 1. The summed E-state index contributed by atoms with van der Waals surface area (Å²) in [6.07, 6.45) is 6.09. The van der Waals surface area contributed by atoms with Gasteiger partial charge >= 0.3 is 5.97 Å². The van der Waals surface area contributed by atoms with Crippen LogP contribution in [0.15, 0.2) is 0 Å². The van der Waals surface area contributed by atoms with Crippen LogP contribution in [0, 0.1) is 0 Å². The van der Waals surface area contributed by atoms with E-state index in [0.717, 1.165) is 0 Å². The van der Waals surface area contributed by atoms with Gasteiger partial charge in [0, 0.05) is 13.2 Å². The Morgan fingerprint density at radius 3 is 2.73 bits per heavy atom. The molecule has 0 spiro atoms. The molecule has 3 fully saturated rings. The first-order valence-corrected chi connectivity index (χ1v) is 5.83. The maximum absolute atomic E-state index is 11.5. The highest BCUT2D eigenvalue weighted by molar-refractivity contribution is 5.83. The molecule has 1 aliphatic carbocycles. The van der Waals surface area contributed by atoms with Crippen LogP contribution in [0.4, 0.5) is 0 Å². The van der Waals surface area contributed by atoms with Crippen molar-refractivity contribution in [3.05, 3.63) is 0 Å². The molecule has 4 heteroatoms. The van der Waals surface area contributed by atoms with Crippen LogP contribution in [-0.4, -0.2) is 42.4 Å². The fourth-order valence-electron chi connectivity index (χ4n) is 3.11. The van der Waals surface area contributed by atoms with Gasteiger partial charge in [-0.15, -0.1) is 0 Å². The van der Waals surface area contributed by atoms with Crippen LogP contribution in [0.2, 0.25) is 0 Å². The zero-order valence-corrected chi connectivity index (χ0v) is 9.02. The van der Waals surface area contributed by atoms with E-state index in [4.69, 9.17) is 9.47 Å². The Bertz CT molecular complexity index is 275. The van der Waals surface area contributed by atoms with Gasteiger partial charge in [0.2, 0.25) is 6.29 Å². The zero-order chi connectivity index (χ0) is 10.4. The Morgan fingerprint density at radius 2 is 2.07 bits per heavy atom. The summed E-state index contributed by atoms with van der Waals surface area (Å²) >= 11 is 0. The van der Waals surface area contributed by atoms with Gasteiger partial charge in [0.25, 0.3) is 0 Å². The number of ether oxygens (including phenoxy) is 2. The highest BCUT2D eigenvalue weighted by Gasteiger charge is 2.66. The highest BCUT2D eigenvalue weighted by Crippen LogP contribution is 2.44. The third kappa shape index (κ3) is 1.39. The highest BCUT2D eigenvalue weighted by atomic mass is 16.7. The van der Waals surface area contributed by atoms with Crippen LogP contribution in [0.5, 0.6) is 0 Å². The first kappa shape index (κ1) is 9.60. The molecule has 0 amide bonds. The second-order valence-corrected chi connectivity index (χ2v) is 4.72. The van der Waals surface area contributed by atoms with Gasteiger partial charge < -0.3 is 9.47 Å². The lowest BCUT2D eigenvalue weighted by Gasteiger charge is -2.26.